The van der Waals surface area contributed by atoms with Crippen LogP contribution in [-0.2, 0) is 0 Å². The first-order valence-electron chi connectivity index (χ1n) is 4.78. The standard InChI is InChI=1S/C9H12F2N4/c10-9(11)3-1-5-15(6-9)8-13-4-2-7(12)14-8/h2,4H,1,3,5-6H2,(H2,12,13,14). The molecule has 0 aromatic carbocycles. The molecule has 2 N–H and O–H groups in total. The van der Waals surface area contributed by atoms with E-state index in [9.17, 15) is 8.78 Å². The van der Waals surface area contributed by atoms with Gasteiger partial charge in [0.15, 0.2) is 0 Å². The van der Waals surface area contributed by atoms with Crippen molar-refractivity contribution in [2.24, 2.45) is 0 Å². The minimum atomic E-state index is -2.65. The number of aromatic nitrogens is 2. The Labute approximate surface area is 86.1 Å². The van der Waals surface area contributed by atoms with Gasteiger partial charge < -0.3 is 10.6 Å². The minimum absolute atomic E-state index is 0.0637. The number of piperidine rings is 1. The SMILES string of the molecule is Nc1ccnc(N2CCCC(F)(F)C2)n1. The molecule has 1 fully saturated rings. The molecule has 4 nitrogen and oxygen atoms in total. The van der Waals surface area contributed by atoms with Gasteiger partial charge in [-0.15, -0.1) is 0 Å². The van der Waals surface area contributed by atoms with Gasteiger partial charge in [-0.3, -0.25) is 0 Å². The van der Waals surface area contributed by atoms with Crippen molar-refractivity contribution in [2.45, 2.75) is 18.8 Å². The Bertz CT molecular complexity index is 356. The van der Waals surface area contributed by atoms with Crippen LogP contribution in [0.15, 0.2) is 12.3 Å². The molecule has 0 aliphatic carbocycles. The Hall–Kier alpha value is -1.46. The Morgan fingerprint density at radius 1 is 1.47 bits per heavy atom. The average Bonchev–Trinajstić information content (AvgIpc) is 2.16. The number of nitrogens with two attached hydrogens (primary N) is 1. The van der Waals surface area contributed by atoms with Gasteiger partial charge in [-0.05, 0) is 12.5 Å². The van der Waals surface area contributed by atoms with Crippen LogP contribution in [0.2, 0.25) is 0 Å². The first-order chi connectivity index (χ1) is 7.07. The fraction of sp³-hybridized carbons (Fsp3) is 0.556. The molecule has 0 radical (unpaired) electrons. The van der Waals surface area contributed by atoms with E-state index in [4.69, 9.17) is 5.73 Å². The van der Waals surface area contributed by atoms with Crippen molar-refractivity contribution < 1.29 is 8.78 Å². The number of alkyl halides is 2. The van der Waals surface area contributed by atoms with Crippen LogP contribution in [0, 0.1) is 0 Å². The van der Waals surface area contributed by atoms with E-state index in [0.717, 1.165) is 0 Å². The molecule has 1 aromatic heterocycles. The summed E-state index contributed by atoms with van der Waals surface area (Å²) in [4.78, 5) is 9.32. The van der Waals surface area contributed by atoms with Crippen molar-refractivity contribution >= 4 is 11.8 Å². The second kappa shape index (κ2) is 3.60. The summed E-state index contributed by atoms with van der Waals surface area (Å²) in [6, 6.07) is 1.53. The first-order valence-corrected chi connectivity index (χ1v) is 4.78. The molecule has 1 aromatic rings. The van der Waals surface area contributed by atoms with E-state index in [-0.39, 0.29) is 18.9 Å². The van der Waals surface area contributed by atoms with Crippen LogP contribution >= 0.6 is 0 Å². The molecule has 0 atom stereocenters. The lowest BCUT2D eigenvalue weighted by molar-refractivity contribution is -0.0120. The van der Waals surface area contributed by atoms with Gasteiger partial charge in [-0.25, -0.2) is 13.8 Å². The molecule has 2 rings (SSSR count). The topological polar surface area (TPSA) is 55.0 Å². The zero-order chi connectivity index (χ0) is 10.9. The predicted molar refractivity (Wildman–Crippen MR) is 52.8 cm³/mol. The van der Waals surface area contributed by atoms with Crippen LogP contribution < -0.4 is 10.6 Å². The number of hydrogen-bond donors (Lipinski definition) is 1. The third-order valence-corrected chi connectivity index (χ3v) is 2.34. The molecule has 0 spiro atoms. The number of rotatable bonds is 1. The van der Waals surface area contributed by atoms with Crippen LogP contribution in [0.25, 0.3) is 0 Å². The monoisotopic (exact) mass is 214 g/mol. The quantitative estimate of drug-likeness (QED) is 0.765. The van der Waals surface area contributed by atoms with Crippen molar-refractivity contribution in [3.63, 3.8) is 0 Å². The normalized spacial score (nSPS) is 20.3. The maximum atomic E-state index is 13.1. The largest absolute Gasteiger partial charge is 0.384 e. The zero-order valence-corrected chi connectivity index (χ0v) is 8.16. The van der Waals surface area contributed by atoms with E-state index in [1.165, 1.54) is 17.2 Å². The van der Waals surface area contributed by atoms with Crippen molar-refractivity contribution in [1.29, 1.82) is 0 Å². The summed E-state index contributed by atoms with van der Waals surface area (Å²) in [6.45, 7) is 0.232. The smallest absolute Gasteiger partial charge is 0.265 e. The number of nitrogen functional groups attached to an aromatic ring is 1. The van der Waals surface area contributed by atoms with Gasteiger partial charge in [0.1, 0.15) is 5.82 Å². The maximum Gasteiger partial charge on any atom is 0.265 e. The Kier molecular flexibility index (Phi) is 2.42. The van der Waals surface area contributed by atoms with Crippen molar-refractivity contribution in [2.75, 3.05) is 23.7 Å². The maximum absolute atomic E-state index is 13.1. The van der Waals surface area contributed by atoms with E-state index in [2.05, 4.69) is 9.97 Å². The lowest BCUT2D eigenvalue weighted by atomic mass is 10.1. The van der Waals surface area contributed by atoms with Crippen LogP contribution in [0.3, 0.4) is 0 Å². The van der Waals surface area contributed by atoms with Crippen molar-refractivity contribution in [3.8, 4) is 0 Å². The van der Waals surface area contributed by atoms with Crippen LogP contribution in [0.1, 0.15) is 12.8 Å². The second-order valence-corrected chi connectivity index (χ2v) is 3.66. The van der Waals surface area contributed by atoms with Gasteiger partial charge in [-0.2, -0.15) is 4.98 Å². The third kappa shape index (κ3) is 2.31. The summed E-state index contributed by atoms with van der Waals surface area (Å²) in [6.07, 6.45) is 1.86. The van der Waals surface area contributed by atoms with Crippen LogP contribution in [0.4, 0.5) is 20.5 Å². The average molecular weight is 214 g/mol. The highest BCUT2D eigenvalue weighted by Gasteiger charge is 2.36. The predicted octanol–water partition coefficient (Wildman–Crippen LogP) is 1.29. The third-order valence-electron chi connectivity index (χ3n) is 2.34. The van der Waals surface area contributed by atoms with E-state index >= 15 is 0 Å². The van der Waals surface area contributed by atoms with Gasteiger partial charge in [0.05, 0.1) is 6.54 Å². The second-order valence-electron chi connectivity index (χ2n) is 3.66. The summed E-state index contributed by atoms with van der Waals surface area (Å²) >= 11 is 0. The highest BCUT2D eigenvalue weighted by molar-refractivity contribution is 5.38. The Morgan fingerprint density at radius 3 is 2.93 bits per heavy atom. The van der Waals surface area contributed by atoms with Gasteiger partial charge in [0, 0.05) is 19.2 Å². The summed E-state index contributed by atoms with van der Waals surface area (Å²) in [7, 11) is 0. The molecular formula is C9H12F2N4. The number of nitrogens with zero attached hydrogens (tertiary/aromatic N) is 3. The molecule has 1 aliphatic rings. The zero-order valence-electron chi connectivity index (χ0n) is 8.16. The van der Waals surface area contributed by atoms with E-state index in [0.29, 0.717) is 18.8 Å². The summed E-state index contributed by atoms with van der Waals surface area (Å²) < 4.78 is 26.2. The minimum Gasteiger partial charge on any atom is -0.384 e. The van der Waals surface area contributed by atoms with Crippen molar-refractivity contribution in [1.82, 2.24) is 9.97 Å². The molecule has 2 heterocycles. The fourth-order valence-electron chi connectivity index (χ4n) is 1.65. The summed E-state index contributed by atoms with van der Waals surface area (Å²) in [5.74, 6) is -2.06. The lowest BCUT2D eigenvalue weighted by Crippen LogP contribution is -2.43. The first kappa shape index (κ1) is 10.1. The molecule has 0 bridgehead atoms. The Balaban J connectivity index is 2.17. The Morgan fingerprint density at radius 2 is 2.27 bits per heavy atom. The summed E-state index contributed by atoms with van der Waals surface area (Å²) in [5, 5.41) is 0. The molecule has 0 saturated carbocycles. The van der Waals surface area contributed by atoms with Gasteiger partial charge >= 0.3 is 0 Å². The highest BCUT2D eigenvalue weighted by Crippen LogP contribution is 2.28. The van der Waals surface area contributed by atoms with Gasteiger partial charge in [-0.1, -0.05) is 0 Å². The van der Waals surface area contributed by atoms with Crippen LogP contribution in [-0.4, -0.2) is 29.0 Å². The molecule has 1 aliphatic heterocycles. The van der Waals surface area contributed by atoms with E-state index in [1.54, 1.807) is 0 Å². The molecule has 0 amide bonds. The van der Waals surface area contributed by atoms with Crippen LogP contribution in [0.5, 0.6) is 0 Å². The number of halogens is 2. The van der Waals surface area contributed by atoms with E-state index in [1.807, 2.05) is 0 Å². The van der Waals surface area contributed by atoms with Gasteiger partial charge in [0.25, 0.3) is 5.92 Å². The molecule has 0 unspecified atom stereocenters. The summed E-state index contributed by atoms with van der Waals surface area (Å²) in [5.41, 5.74) is 5.47. The number of anilines is 2. The molecule has 82 valence electrons. The molecule has 6 heteroatoms. The number of hydrogen-bond acceptors (Lipinski definition) is 4. The van der Waals surface area contributed by atoms with Gasteiger partial charge in [0.2, 0.25) is 5.95 Å². The highest BCUT2D eigenvalue weighted by atomic mass is 19.3. The lowest BCUT2D eigenvalue weighted by Gasteiger charge is -2.32. The van der Waals surface area contributed by atoms with E-state index < -0.39 is 5.92 Å². The molecular weight excluding hydrogens is 202 g/mol. The van der Waals surface area contributed by atoms with Crippen molar-refractivity contribution in [3.05, 3.63) is 12.3 Å². The fourth-order valence-corrected chi connectivity index (χ4v) is 1.65. The molecule has 1 saturated heterocycles. The molecule has 15 heavy (non-hydrogen) atoms.